The normalized spacial score (nSPS) is 13.9. The van der Waals surface area contributed by atoms with E-state index < -0.39 is 0 Å². The zero-order valence-corrected chi connectivity index (χ0v) is 14.9. The molecule has 0 aliphatic carbocycles. The maximum atomic E-state index is 12.7. The van der Waals surface area contributed by atoms with Crippen molar-refractivity contribution in [2.75, 3.05) is 6.54 Å². The first-order valence-corrected chi connectivity index (χ1v) is 8.47. The smallest absolute Gasteiger partial charge is 0.255 e. The van der Waals surface area contributed by atoms with Gasteiger partial charge in [0.15, 0.2) is 0 Å². The number of hydrogen-bond donors (Lipinski definition) is 1. The van der Waals surface area contributed by atoms with Crippen molar-refractivity contribution in [3.05, 3.63) is 61.1 Å². The lowest BCUT2D eigenvalue weighted by atomic mass is 9.99. The van der Waals surface area contributed by atoms with E-state index in [1.807, 2.05) is 29.2 Å². The van der Waals surface area contributed by atoms with E-state index in [9.17, 15) is 9.90 Å². The topological polar surface area (TPSA) is 40.5 Å². The van der Waals surface area contributed by atoms with Crippen LogP contribution in [-0.2, 0) is 13.0 Å². The van der Waals surface area contributed by atoms with Crippen LogP contribution in [0, 0.1) is 3.57 Å². The van der Waals surface area contributed by atoms with Gasteiger partial charge >= 0.3 is 0 Å². The molecule has 0 saturated carbocycles. The van der Waals surface area contributed by atoms with Gasteiger partial charge in [0.05, 0.1) is 5.56 Å². The molecule has 0 fully saturated rings. The third-order valence-electron chi connectivity index (χ3n) is 3.65. The predicted molar refractivity (Wildman–Crippen MR) is 93.4 cm³/mol. The van der Waals surface area contributed by atoms with E-state index >= 15 is 0 Å². The molecule has 1 amide bonds. The summed E-state index contributed by atoms with van der Waals surface area (Å²) in [4.78, 5) is 14.5. The molecule has 0 radical (unpaired) electrons. The Morgan fingerprint density at radius 3 is 2.81 bits per heavy atom. The Hall–Kier alpha value is -1.08. The van der Waals surface area contributed by atoms with Crippen LogP contribution in [-0.4, -0.2) is 22.5 Å². The van der Waals surface area contributed by atoms with E-state index in [1.165, 1.54) is 5.56 Å². The van der Waals surface area contributed by atoms with Crippen molar-refractivity contribution in [2.24, 2.45) is 0 Å². The zero-order chi connectivity index (χ0) is 15.0. The Kier molecular flexibility index (Phi) is 4.21. The molecule has 1 heterocycles. The molecule has 21 heavy (non-hydrogen) atoms. The van der Waals surface area contributed by atoms with Gasteiger partial charge in [0.2, 0.25) is 0 Å². The molecule has 108 valence electrons. The molecule has 0 atom stereocenters. The van der Waals surface area contributed by atoms with Crippen molar-refractivity contribution >= 4 is 44.4 Å². The van der Waals surface area contributed by atoms with Gasteiger partial charge in [-0.2, -0.15) is 0 Å². The van der Waals surface area contributed by atoms with Crippen molar-refractivity contribution in [2.45, 2.75) is 13.0 Å². The van der Waals surface area contributed by atoms with Gasteiger partial charge in [0.1, 0.15) is 5.75 Å². The monoisotopic (exact) mass is 457 g/mol. The van der Waals surface area contributed by atoms with E-state index in [0.717, 1.165) is 20.0 Å². The minimum absolute atomic E-state index is 0.0368. The van der Waals surface area contributed by atoms with Crippen LogP contribution in [0.4, 0.5) is 0 Å². The Morgan fingerprint density at radius 1 is 1.19 bits per heavy atom. The molecule has 1 aliphatic heterocycles. The van der Waals surface area contributed by atoms with Crippen LogP contribution in [0.2, 0.25) is 0 Å². The molecule has 3 nitrogen and oxygen atoms in total. The molecule has 0 bridgehead atoms. The minimum Gasteiger partial charge on any atom is -0.508 e. The molecular formula is C16H13BrINO2. The van der Waals surface area contributed by atoms with Crippen molar-refractivity contribution in [3.8, 4) is 5.75 Å². The highest BCUT2D eigenvalue weighted by Gasteiger charge is 2.23. The fraction of sp³-hybridized carbons (Fsp3) is 0.188. The van der Waals surface area contributed by atoms with Gasteiger partial charge in [-0.3, -0.25) is 4.79 Å². The maximum Gasteiger partial charge on any atom is 0.255 e. The summed E-state index contributed by atoms with van der Waals surface area (Å²) in [5.41, 5.74) is 2.95. The number of hydrogen-bond acceptors (Lipinski definition) is 2. The van der Waals surface area contributed by atoms with Crippen molar-refractivity contribution in [1.82, 2.24) is 4.90 Å². The second kappa shape index (κ2) is 5.96. The second-order valence-corrected chi connectivity index (χ2v) is 7.13. The highest BCUT2D eigenvalue weighted by atomic mass is 127. The summed E-state index contributed by atoms with van der Waals surface area (Å²) in [5.74, 6) is 0.287. The summed E-state index contributed by atoms with van der Waals surface area (Å²) in [6.07, 6.45) is 0.825. The van der Waals surface area contributed by atoms with Crippen LogP contribution in [0.25, 0.3) is 0 Å². The molecule has 0 saturated heterocycles. The molecule has 0 unspecified atom stereocenters. The molecule has 3 rings (SSSR count). The molecular weight excluding hydrogens is 445 g/mol. The van der Waals surface area contributed by atoms with Crippen LogP contribution in [0.1, 0.15) is 21.5 Å². The number of amides is 1. The van der Waals surface area contributed by atoms with E-state index in [2.05, 4.69) is 38.5 Å². The third-order valence-corrected chi connectivity index (χ3v) is 5.08. The fourth-order valence-electron chi connectivity index (χ4n) is 2.55. The fourth-order valence-corrected chi connectivity index (χ4v) is 3.48. The SMILES string of the molecule is O=C(c1cc(Br)ccc1I)N1CCc2ccc(O)cc2C1. The second-order valence-electron chi connectivity index (χ2n) is 5.05. The van der Waals surface area contributed by atoms with Crippen LogP contribution in [0.5, 0.6) is 5.75 Å². The number of carbonyl (C=O) groups excluding carboxylic acids is 1. The molecule has 1 aliphatic rings. The first kappa shape index (κ1) is 14.8. The molecule has 5 heteroatoms. The van der Waals surface area contributed by atoms with E-state index in [4.69, 9.17) is 0 Å². The van der Waals surface area contributed by atoms with E-state index in [-0.39, 0.29) is 11.7 Å². The highest BCUT2D eigenvalue weighted by molar-refractivity contribution is 14.1. The van der Waals surface area contributed by atoms with Gasteiger partial charge < -0.3 is 10.0 Å². The number of phenols is 1. The van der Waals surface area contributed by atoms with Gasteiger partial charge in [0, 0.05) is 21.1 Å². The number of phenolic OH excluding ortho intramolecular Hbond substituents is 1. The average Bonchev–Trinajstić information content (AvgIpc) is 2.48. The molecule has 2 aromatic rings. The molecule has 1 N–H and O–H groups in total. The number of rotatable bonds is 1. The Bertz CT molecular complexity index is 717. The number of benzene rings is 2. The summed E-state index contributed by atoms with van der Waals surface area (Å²) in [5, 5.41) is 9.60. The van der Waals surface area contributed by atoms with Crippen molar-refractivity contribution in [3.63, 3.8) is 0 Å². The molecule has 0 aromatic heterocycles. The largest absolute Gasteiger partial charge is 0.508 e. The van der Waals surface area contributed by atoms with Gasteiger partial charge in [-0.15, -0.1) is 0 Å². The first-order valence-electron chi connectivity index (χ1n) is 6.59. The van der Waals surface area contributed by atoms with Crippen molar-refractivity contribution < 1.29 is 9.90 Å². The van der Waals surface area contributed by atoms with Gasteiger partial charge in [-0.25, -0.2) is 0 Å². The van der Waals surface area contributed by atoms with E-state index in [1.54, 1.807) is 12.1 Å². The number of nitrogens with zero attached hydrogens (tertiary/aromatic N) is 1. The minimum atomic E-state index is 0.0368. The third kappa shape index (κ3) is 3.08. The Balaban J connectivity index is 1.88. The summed E-state index contributed by atoms with van der Waals surface area (Å²) < 4.78 is 1.85. The number of aromatic hydroxyl groups is 1. The Morgan fingerprint density at radius 2 is 2.00 bits per heavy atom. The average molecular weight is 458 g/mol. The summed E-state index contributed by atoms with van der Waals surface area (Å²) in [7, 11) is 0. The lowest BCUT2D eigenvalue weighted by Gasteiger charge is -2.29. The predicted octanol–water partition coefficient (Wildman–Crippen LogP) is 3.96. The summed E-state index contributed by atoms with van der Waals surface area (Å²) >= 11 is 5.60. The number of fused-ring (bicyclic) bond motifs is 1. The quantitative estimate of drug-likeness (QED) is 0.658. The molecule has 2 aromatic carbocycles. The van der Waals surface area contributed by atoms with Gasteiger partial charge in [-0.1, -0.05) is 22.0 Å². The molecule has 0 spiro atoms. The lowest BCUT2D eigenvalue weighted by Crippen LogP contribution is -2.36. The van der Waals surface area contributed by atoms with E-state index in [0.29, 0.717) is 18.7 Å². The van der Waals surface area contributed by atoms with Gasteiger partial charge in [-0.05, 0) is 70.5 Å². The van der Waals surface area contributed by atoms with Gasteiger partial charge in [0.25, 0.3) is 5.91 Å². The Labute approximate surface area is 145 Å². The highest BCUT2D eigenvalue weighted by Crippen LogP contribution is 2.26. The van der Waals surface area contributed by atoms with Crippen LogP contribution >= 0.6 is 38.5 Å². The first-order chi connectivity index (χ1) is 10.0. The number of halogens is 2. The number of carbonyl (C=O) groups is 1. The van der Waals surface area contributed by atoms with Crippen LogP contribution < -0.4 is 0 Å². The lowest BCUT2D eigenvalue weighted by molar-refractivity contribution is 0.0733. The van der Waals surface area contributed by atoms with Crippen molar-refractivity contribution in [1.29, 1.82) is 0 Å². The maximum absolute atomic E-state index is 12.7. The van der Waals surface area contributed by atoms with Crippen LogP contribution in [0.3, 0.4) is 0 Å². The standard InChI is InChI=1S/C16H13BrINO2/c17-12-2-4-15(18)14(8-12)16(21)19-6-5-10-1-3-13(20)7-11(10)9-19/h1-4,7-8,20H,5-6,9H2. The summed E-state index contributed by atoms with van der Waals surface area (Å²) in [6.45, 7) is 1.25. The van der Waals surface area contributed by atoms with Crippen LogP contribution in [0.15, 0.2) is 40.9 Å². The summed E-state index contributed by atoms with van der Waals surface area (Å²) in [6, 6.07) is 11.1. The zero-order valence-electron chi connectivity index (χ0n) is 11.1.